The number of piperidine rings is 1. The highest BCUT2D eigenvalue weighted by Crippen LogP contribution is 2.34. The minimum atomic E-state index is 0.0764. The first-order chi connectivity index (χ1) is 12.2. The molecule has 2 fully saturated rings. The summed E-state index contributed by atoms with van der Waals surface area (Å²) in [5, 5.41) is 6.94. The summed E-state index contributed by atoms with van der Waals surface area (Å²) >= 11 is 0. The van der Waals surface area contributed by atoms with E-state index in [0.29, 0.717) is 31.5 Å². The lowest BCUT2D eigenvalue weighted by Crippen LogP contribution is -2.58. The fourth-order valence-electron chi connectivity index (χ4n) is 4.99. The first-order valence-corrected chi connectivity index (χ1v) is 9.78. The Hall–Kier alpha value is -1.46. The summed E-state index contributed by atoms with van der Waals surface area (Å²) in [5.74, 6) is 0.920. The van der Waals surface area contributed by atoms with Gasteiger partial charge in [0.05, 0.1) is 19.3 Å². The summed E-state index contributed by atoms with van der Waals surface area (Å²) in [6.45, 7) is 10.2. The van der Waals surface area contributed by atoms with Crippen LogP contribution in [0.25, 0.3) is 0 Å². The zero-order valence-electron chi connectivity index (χ0n) is 16.5. The Labute approximate surface area is 157 Å². The van der Waals surface area contributed by atoms with E-state index in [1.807, 2.05) is 24.5 Å². The highest BCUT2D eigenvalue weighted by Gasteiger charge is 2.38. The third-order valence-corrected chi connectivity index (χ3v) is 5.54. The molecule has 3 rings (SSSR count). The molecule has 5 nitrogen and oxygen atoms in total. The highest BCUT2D eigenvalue weighted by atomic mass is 16.5. The van der Waals surface area contributed by atoms with Gasteiger partial charge in [-0.3, -0.25) is 9.78 Å². The second-order valence-corrected chi connectivity index (χ2v) is 9.40. The Morgan fingerprint density at radius 3 is 2.50 bits per heavy atom. The van der Waals surface area contributed by atoms with Crippen LogP contribution in [0.1, 0.15) is 52.5 Å². The number of nitrogens with zero attached hydrogens (tertiary/aromatic N) is 1. The van der Waals surface area contributed by atoms with Crippen molar-refractivity contribution in [3.8, 4) is 0 Å². The Bertz CT molecular complexity index is 599. The lowest BCUT2D eigenvalue weighted by atomic mass is 9.74. The Morgan fingerprint density at radius 2 is 1.85 bits per heavy atom. The molecule has 2 saturated heterocycles. The molecule has 0 spiro atoms. The normalized spacial score (nSPS) is 28.0. The number of carbonyl (C=O) groups excluding carboxylic acids is 1. The number of aromatic nitrogens is 1. The van der Waals surface area contributed by atoms with Gasteiger partial charge in [0.2, 0.25) is 5.91 Å². The van der Waals surface area contributed by atoms with Gasteiger partial charge in [-0.15, -0.1) is 0 Å². The van der Waals surface area contributed by atoms with Crippen LogP contribution in [0.4, 0.5) is 0 Å². The van der Waals surface area contributed by atoms with Gasteiger partial charge in [-0.1, -0.05) is 0 Å². The van der Waals surface area contributed by atoms with Crippen LogP contribution >= 0.6 is 0 Å². The van der Waals surface area contributed by atoms with E-state index >= 15 is 0 Å². The molecule has 26 heavy (non-hydrogen) atoms. The van der Waals surface area contributed by atoms with Crippen LogP contribution in [0.15, 0.2) is 24.5 Å². The quantitative estimate of drug-likeness (QED) is 0.848. The molecule has 2 aliphatic rings. The van der Waals surface area contributed by atoms with Crippen molar-refractivity contribution in [2.24, 2.45) is 11.8 Å². The molecule has 5 heteroatoms. The van der Waals surface area contributed by atoms with E-state index in [9.17, 15) is 4.79 Å². The molecule has 0 aliphatic carbocycles. The molecule has 3 heterocycles. The number of amides is 1. The molecule has 2 N–H and O–H groups in total. The van der Waals surface area contributed by atoms with E-state index in [4.69, 9.17) is 4.74 Å². The van der Waals surface area contributed by atoms with Crippen molar-refractivity contribution < 1.29 is 9.53 Å². The monoisotopic (exact) mass is 359 g/mol. The van der Waals surface area contributed by atoms with Crippen molar-refractivity contribution in [2.45, 2.75) is 70.5 Å². The van der Waals surface area contributed by atoms with Gasteiger partial charge >= 0.3 is 0 Å². The van der Waals surface area contributed by atoms with Crippen LogP contribution < -0.4 is 10.6 Å². The molecule has 2 unspecified atom stereocenters. The summed E-state index contributed by atoms with van der Waals surface area (Å²) < 4.78 is 5.66. The molecule has 0 bridgehead atoms. The van der Waals surface area contributed by atoms with Crippen molar-refractivity contribution in [1.29, 1.82) is 0 Å². The van der Waals surface area contributed by atoms with Gasteiger partial charge < -0.3 is 15.4 Å². The summed E-state index contributed by atoms with van der Waals surface area (Å²) in [5.41, 5.74) is 1.40. The third kappa shape index (κ3) is 5.27. The van der Waals surface area contributed by atoms with Gasteiger partial charge in [-0.2, -0.15) is 0 Å². The lowest BCUT2D eigenvalue weighted by molar-refractivity contribution is -0.123. The van der Waals surface area contributed by atoms with E-state index in [1.165, 1.54) is 5.56 Å². The SMILES string of the molecule is CC1(C)CC(CC(=O)NC2COCC2Cc2ccncc2)CC(C)(C)N1. The molecule has 1 aromatic rings. The maximum absolute atomic E-state index is 12.7. The standard InChI is InChI=1S/C21H33N3O2/c1-20(2)11-16(12-21(3,4)24-20)10-19(25)23-18-14-26-13-17(18)9-15-5-7-22-8-6-15/h5-8,16-18,24H,9-14H2,1-4H3,(H,23,25). The highest BCUT2D eigenvalue weighted by molar-refractivity contribution is 5.76. The van der Waals surface area contributed by atoms with Crippen LogP contribution in [-0.4, -0.2) is 41.2 Å². The number of rotatable bonds is 5. The van der Waals surface area contributed by atoms with Crippen LogP contribution in [0.5, 0.6) is 0 Å². The second-order valence-electron chi connectivity index (χ2n) is 9.40. The van der Waals surface area contributed by atoms with Crippen molar-refractivity contribution in [1.82, 2.24) is 15.6 Å². The fourth-order valence-corrected chi connectivity index (χ4v) is 4.99. The van der Waals surface area contributed by atoms with E-state index in [2.05, 4.69) is 43.3 Å². The van der Waals surface area contributed by atoms with E-state index in [-0.39, 0.29) is 23.0 Å². The number of pyridine rings is 1. The first-order valence-electron chi connectivity index (χ1n) is 9.78. The largest absolute Gasteiger partial charge is 0.379 e. The number of hydrogen-bond acceptors (Lipinski definition) is 4. The Kier molecular flexibility index (Phi) is 5.68. The number of ether oxygens (including phenoxy) is 1. The molecule has 0 radical (unpaired) electrons. The number of carbonyl (C=O) groups is 1. The van der Waals surface area contributed by atoms with Gasteiger partial charge in [0.15, 0.2) is 0 Å². The predicted molar refractivity (Wildman–Crippen MR) is 103 cm³/mol. The zero-order valence-corrected chi connectivity index (χ0v) is 16.5. The van der Waals surface area contributed by atoms with Crippen molar-refractivity contribution in [2.75, 3.05) is 13.2 Å². The first kappa shape index (κ1) is 19.3. The van der Waals surface area contributed by atoms with Crippen LogP contribution in [0, 0.1) is 11.8 Å². The predicted octanol–water partition coefficient (Wildman–Crippen LogP) is 2.70. The molecule has 144 valence electrons. The number of hydrogen-bond donors (Lipinski definition) is 2. The minimum absolute atomic E-state index is 0.0764. The zero-order chi connectivity index (χ0) is 18.8. The fraction of sp³-hybridized carbons (Fsp3) is 0.714. The molecule has 2 atom stereocenters. The van der Waals surface area contributed by atoms with Crippen molar-refractivity contribution in [3.05, 3.63) is 30.1 Å². The molecule has 2 aliphatic heterocycles. The summed E-state index contributed by atoms with van der Waals surface area (Å²) in [6.07, 6.45) is 7.23. The van der Waals surface area contributed by atoms with Gasteiger partial charge in [-0.25, -0.2) is 0 Å². The van der Waals surface area contributed by atoms with Crippen molar-refractivity contribution in [3.63, 3.8) is 0 Å². The average molecular weight is 360 g/mol. The molecule has 1 amide bonds. The third-order valence-electron chi connectivity index (χ3n) is 5.54. The van der Waals surface area contributed by atoms with Crippen molar-refractivity contribution >= 4 is 5.91 Å². The molecular formula is C21H33N3O2. The van der Waals surface area contributed by atoms with E-state index in [0.717, 1.165) is 19.3 Å². The van der Waals surface area contributed by atoms with Gasteiger partial charge in [0, 0.05) is 35.8 Å². The van der Waals surface area contributed by atoms with Gasteiger partial charge in [-0.05, 0) is 70.6 Å². The molecule has 0 saturated carbocycles. The molecule has 1 aromatic heterocycles. The Balaban J connectivity index is 1.54. The minimum Gasteiger partial charge on any atom is -0.379 e. The lowest BCUT2D eigenvalue weighted by Gasteiger charge is -2.46. The number of nitrogens with one attached hydrogen (secondary N) is 2. The maximum Gasteiger partial charge on any atom is 0.220 e. The van der Waals surface area contributed by atoms with E-state index in [1.54, 1.807) is 0 Å². The van der Waals surface area contributed by atoms with Gasteiger partial charge in [0.1, 0.15) is 0 Å². The summed E-state index contributed by atoms with van der Waals surface area (Å²) in [6, 6.07) is 4.19. The van der Waals surface area contributed by atoms with E-state index < -0.39 is 0 Å². The summed E-state index contributed by atoms with van der Waals surface area (Å²) in [4.78, 5) is 16.8. The Morgan fingerprint density at radius 1 is 1.19 bits per heavy atom. The molecular weight excluding hydrogens is 326 g/mol. The summed E-state index contributed by atoms with van der Waals surface area (Å²) in [7, 11) is 0. The van der Waals surface area contributed by atoms with Crippen LogP contribution in [0.2, 0.25) is 0 Å². The average Bonchev–Trinajstić information content (AvgIpc) is 2.91. The smallest absolute Gasteiger partial charge is 0.220 e. The van der Waals surface area contributed by atoms with Crippen LogP contribution in [0.3, 0.4) is 0 Å². The molecule has 0 aromatic carbocycles. The van der Waals surface area contributed by atoms with Gasteiger partial charge in [0.25, 0.3) is 0 Å². The topological polar surface area (TPSA) is 63.2 Å². The van der Waals surface area contributed by atoms with Crippen LogP contribution in [-0.2, 0) is 16.0 Å². The maximum atomic E-state index is 12.7. The second kappa shape index (κ2) is 7.65.